The predicted molar refractivity (Wildman–Crippen MR) is 164 cm³/mol. The number of thiazole rings is 1. The summed E-state index contributed by atoms with van der Waals surface area (Å²) in [4.78, 5) is 46.9. The third kappa shape index (κ3) is 8.34. The first-order chi connectivity index (χ1) is 22.0. The third-order valence-electron chi connectivity index (χ3n) is 6.91. The number of carbonyl (C=O) groups excluding carboxylic acids is 2. The van der Waals surface area contributed by atoms with Crippen LogP contribution in [0.2, 0.25) is 4.34 Å². The zero-order valence-corrected chi connectivity index (χ0v) is 27.5. The molecule has 0 saturated carbocycles. The molecule has 0 bridgehead atoms. The van der Waals surface area contributed by atoms with Gasteiger partial charge in [0.1, 0.15) is 28.4 Å². The number of carbonyl (C=O) groups is 3. The molecule has 3 aromatic rings. The fourth-order valence-electron chi connectivity index (χ4n) is 4.44. The molecule has 2 amide bonds. The van der Waals surface area contributed by atoms with E-state index in [-0.39, 0.29) is 15.2 Å². The smallest absolute Gasteiger partial charge is 0.351 e. The minimum absolute atomic E-state index is 0.0618. The van der Waals surface area contributed by atoms with Gasteiger partial charge < -0.3 is 36.0 Å². The maximum atomic E-state index is 13.3. The number of nitrogen functional groups attached to an aromatic ring is 1. The number of aryl methyl sites for hydroxylation is 2. The van der Waals surface area contributed by atoms with Gasteiger partial charge in [-0.15, -0.1) is 4.68 Å². The van der Waals surface area contributed by atoms with Gasteiger partial charge in [-0.05, 0) is 44.5 Å². The highest BCUT2D eigenvalue weighted by molar-refractivity contribution is 7.80. The van der Waals surface area contributed by atoms with Crippen LogP contribution in [0.15, 0.2) is 41.8 Å². The molecule has 3 heterocycles. The second-order valence-corrected chi connectivity index (χ2v) is 13.2. The Morgan fingerprint density at radius 2 is 1.98 bits per heavy atom. The van der Waals surface area contributed by atoms with Crippen LogP contribution in [0.3, 0.4) is 0 Å². The van der Waals surface area contributed by atoms with Gasteiger partial charge in [0.15, 0.2) is 17.9 Å². The van der Waals surface area contributed by atoms with Gasteiger partial charge >= 0.3 is 5.97 Å². The van der Waals surface area contributed by atoms with Gasteiger partial charge in [-0.3, -0.25) is 9.59 Å². The molecule has 1 aliphatic rings. The topological polar surface area (TPSA) is 258 Å². The lowest BCUT2D eigenvalue weighted by atomic mass is 9.84. The Bertz CT molecular complexity index is 1790. The van der Waals surface area contributed by atoms with Crippen molar-refractivity contribution in [3.8, 4) is 16.9 Å². The summed E-state index contributed by atoms with van der Waals surface area (Å²) < 4.78 is 46.6. The molecule has 1 unspecified atom stereocenters. The quantitative estimate of drug-likeness (QED) is 0.0397. The lowest BCUT2D eigenvalue weighted by Gasteiger charge is -2.51. The van der Waals surface area contributed by atoms with E-state index in [0.29, 0.717) is 17.4 Å². The minimum atomic E-state index is -5.29. The van der Waals surface area contributed by atoms with E-state index in [1.807, 2.05) is 28.8 Å². The summed E-state index contributed by atoms with van der Waals surface area (Å²) >= 11 is 6.96. The number of amides is 2. The highest BCUT2D eigenvalue weighted by Gasteiger charge is 2.57. The number of carboxylic acid groups (broad SMARTS) is 1. The number of hydrogen-bond acceptors (Lipinski definition) is 14. The summed E-state index contributed by atoms with van der Waals surface area (Å²) in [6.07, 6.45) is 3.04. The largest absolute Gasteiger partial charge is 0.724 e. The Hall–Kier alpha value is -4.34. The van der Waals surface area contributed by atoms with E-state index in [0.717, 1.165) is 35.4 Å². The molecule has 254 valence electrons. The first-order valence-electron chi connectivity index (χ1n) is 13.7. The second-order valence-electron chi connectivity index (χ2n) is 10.7. The maximum absolute atomic E-state index is 13.3. The number of benzene rings is 1. The van der Waals surface area contributed by atoms with Gasteiger partial charge in [-0.25, -0.2) is 18.2 Å². The first kappa shape index (κ1) is 35.5. The van der Waals surface area contributed by atoms with E-state index in [4.69, 9.17) is 32.6 Å². The van der Waals surface area contributed by atoms with Crippen molar-refractivity contribution in [2.45, 2.75) is 44.5 Å². The minimum Gasteiger partial charge on any atom is -0.724 e. The van der Waals surface area contributed by atoms with Crippen LogP contribution in [0.4, 0.5) is 5.13 Å². The van der Waals surface area contributed by atoms with E-state index in [1.54, 1.807) is 24.3 Å². The van der Waals surface area contributed by atoms with Crippen molar-refractivity contribution >= 4 is 62.0 Å². The summed E-state index contributed by atoms with van der Waals surface area (Å²) in [5.41, 5.74) is 10.7. The van der Waals surface area contributed by atoms with E-state index in [2.05, 4.69) is 19.7 Å². The predicted octanol–water partition coefficient (Wildman–Crippen LogP) is -0.229. The van der Waals surface area contributed by atoms with Gasteiger partial charge in [-0.1, -0.05) is 40.2 Å². The molecule has 47 heavy (non-hydrogen) atoms. The van der Waals surface area contributed by atoms with Crippen molar-refractivity contribution in [2.75, 3.05) is 18.9 Å². The van der Waals surface area contributed by atoms with Crippen LogP contribution in [0.1, 0.15) is 26.0 Å². The number of nitrogens with one attached hydrogen (secondary N) is 1. The van der Waals surface area contributed by atoms with Gasteiger partial charge in [0.2, 0.25) is 16.6 Å². The number of rotatable bonds is 15. The van der Waals surface area contributed by atoms with E-state index >= 15 is 0 Å². The average molecular weight is 715 g/mol. The Kier molecular flexibility index (Phi) is 10.7. The van der Waals surface area contributed by atoms with Crippen LogP contribution < -0.4 is 26.2 Å². The van der Waals surface area contributed by atoms with Crippen LogP contribution in [0.5, 0.6) is 5.75 Å². The average Bonchev–Trinajstić information content (AvgIpc) is 3.54. The fourth-order valence-corrected chi connectivity index (χ4v) is 5.81. The normalized spacial score (nSPS) is 16.8. The summed E-state index contributed by atoms with van der Waals surface area (Å²) in [5, 5.41) is 16.0. The number of aliphatic carboxylic acids is 1. The molecule has 6 N–H and O–H groups in total. The highest BCUT2D eigenvalue weighted by Crippen LogP contribution is 2.33. The van der Waals surface area contributed by atoms with Gasteiger partial charge in [0, 0.05) is 0 Å². The Balaban J connectivity index is 1.47. The number of hydrogen-bond donors (Lipinski definition) is 4. The SMILES string of the molecule is C[n+]1cc(-c2ccc(OC[C@H](O/N=C(\C(=O)NC3C(=O)N(OS(=O)(=O)[O-])C3(C)C)c3nc(N)sc3Cl)C(=O)O)cc2)cn1CCCN. The number of oxime groups is 1. The maximum Gasteiger partial charge on any atom is 0.351 e. The molecule has 0 radical (unpaired) electrons. The molecule has 1 aliphatic heterocycles. The summed E-state index contributed by atoms with van der Waals surface area (Å²) in [6.45, 7) is 3.43. The van der Waals surface area contributed by atoms with Crippen molar-refractivity contribution < 1.29 is 51.0 Å². The monoisotopic (exact) mass is 714 g/mol. The summed E-state index contributed by atoms with van der Waals surface area (Å²) in [5.74, 6) is -3.33. The molecule has 0 aliphatic carbocycles. The van der Waals surface area contributed by atoms with Gasteiger partial charge in [0.05, 0.1) is 23.8 Å². The third-order valence-corrected chi connectivity index (χ3v) is 8.32. The Labute approximate surface area is 277 Å². The molecule has 18 nitrogen and oxygen atoms in total. The first-order valence-corrected chi connectivity index (χ1v) is 16.2. The summed E-state index contributed by atoms with van der Waals surface area (Å²) in [6, 6.07) is 5.49. The molecule has 4 rings (SSSR count). The lowest BCUT2D eigenvalue weighted by molar-refractivity contribution is -0.753. The number of hydroxylamine groups is 2. The van der Waals surface area contributed by atoms with E-state index in [9.17, 15) is 32.5 Å². The fraction of sp³-hybridized carbons (Fsp3) is 0.385. The molecule has 1 aromatic carbocycles. The molecule has 2 aromatic heterocycles. The van der Waals surface area contributed by atoms with Crippen molar-refractivity contribution in [2.24, 2.45) is 17.9 Å². The number of anilines is 1. The number of nitrogens with two attached hydrogens (primary N) is 2. The number of carboxylic acids is 1. The number of β-lactam (4-membered cyclic amide) rings is 1. The molecule has 21 heteroatoms. The number of nitrogens with zero attached hydrogens (tertiary/aromatic N) is 5. The van der Waals surface area contributed by atoms with Crippen LogP contribution >= 0.6 is 22.9 Å². The van der Waals surface area contributed by atoms with Gasteiger partial charge in [-0.2, -0.15) is 14.0 Å². The zero-order chi connectivity index (χ0) is 34.7. The molecule has 0 spiro atoms. The molecule has 1 fully saturated rings. The lowest BCUT2D eigenvalue weighted by Crippen LogP contribution is -2.76. The standard InChI is InChI=1S/C26H31ClN8O10S2/c1-26(2)20(23(37)35(26)45-47(40,41)42)31-22(36)19(18-21(27)46-25(29)30-18)32-44-17(24(38)39)13-43-16-7-5-14(6-8-16)15-11-33(3)34(12-15)10-4-9-28/h5-8,11-12,17,20H,4,9-10,13,28H2,1-3H3,(H4-,29,30,31,36,38,39,40,41,42)/b32-19-/t17-,20?/m0/s1. The summed E-state index contributed by atoms with van der Waals surface area (Å²) in [7, 11) is -3.37. The second kappa shape index (κ2) is 14.2. The molecular weight excluding hydrogens is 684 g/mol. The van der Waals surface area contributed by atoms with Gasteiger partial charge in [0.25, 0.3) is 17.9 Å². The zero-order valence-electron chi connectivity index (χ0n) is 25.2. The number of halogens is 1. The van der Waals surface area contributed by atoms with E-state index < -0.39 is 58.2 Å². The molecule has 1 saturated heterocycles. The molecular formula is C26H31ClN8O10S2. The Morgan fingerprint density at radius 1 is 1.30 bits per heavy atom. The van der Waals surface area contributed by atoms with Crippen LogP contribution in [0.25, 0.3) is 11.1 Å². The highest BCUT2D eigenvalue weighted by atomic mass is 35.5. The number of ether oxygens (including phenoxy) is 1. The van der Waals surface area contributed by atoms with Crippen LogP contribution in [0, 0.1) is 0 Å². The van der Waals surface area contributed by atoms with Crippen molar-refractivity contribution in [3.05, 3.63) is 46.7 Å². The number of aromatic nitrogens is 3. The Morgan fingerprint density at radius 3 is 2.53 bits per heavy atom. The van der Waals surface area contributed by atoms with Crippen molar-refractivity contribution in [1.82, 2.24) is 20.0 Å². The van der Waals surface area contributed by atoms with Crippen molar-refractivity contribution in [1.29, 1.82) is 0 Å². The van der Waals surface area contributed by atoms with E-state index in [1.165, 1.54) is 13.8 Å². The van der Waals surface area contributed by atoms with Crippen LogP contribution in [-0.4, -0.2) is 87.1 Å². The van der Waals surface area contributed by atoms with Crippen LogP contribution in [-0.2, 0) is 47.5 Å². The van der Waals surface area contributed by atoms with Crippen molar-refractivity contribution in [3.63, 3.8) is 0 Å². The molecule has 2 atom stereocenters.